The van der Waals surface area contributed by atoms with Crippen LogP contribution in [0.15, 0.2) is 109 Å². The molecule has 0 aliphatic carbocycles. The van der Waals surface area contributed by atoms with Gasteiger partial charge in [-0.1, -0.05) is 233 Å². The monoisotopic (exact) mass is 985 g/mol. The fourth-order valence-electron chi connectivity index (χ4n) is 7.89. The Morgan fingerprint density at radius 3 is 0.873 bits per heavy atom. The van der Waals surface area contributed by atoms with Crippen LogP contribution in [-0.2, 0) is 28.6 Å². The number of carbonyl (C=O) groups is 3. The van der Waals surface area contributed by atoms with Crippen molar-refractivity contribution in [1.29, 1.82) is 0 Å². The van der Waals surface area contributed by atoms with Gasteiger partial charge in [-0.25, -0.2) is 0 Å². The van der Waals surface area contributed by atoms with Gasteiger partial charge in [-0.2, -0.15) is 0 Å². The predicted molar refractivity (Wildman–Crippen MR) is 307 cm³/mol. The Bertz CT molecular complexity index is 1460. The summed E-state index contributed by atoms with van der Waals surface area (Å²) < 4.78 is 16.8. The lowest BCUT2D eigenvalue weighted by Gasteiger charge is -2.18. The van der Waals surface area contributed by atoms with E-state index in [1.54, 1.807) is 0 Å². The third-order valence-corrected chi connectivity index (χ3v) is 12.2. The summed E-state index contributed by atoms with van der Waals surface area (Å²) in [7, 11) is 0. The topological polar surface area (TPSA) is 78.9 Å². The zero-order valence-corrected chi connectivity index (χ0v) is 46.2. The first kappa shape index (κ1) is 67.1. The van der Waals surface area contributed by atoms with Gasteiger partial charge in [-0.05, 0) is 122 Å². The van der Waals surface area contributed by atoms with E-state index in [0.717, 1.165) is 128 Å². The largest absolute Gasteiger partial charge is 0.462 e. The van der Waals surface area contributed by atoms with E-state index in [0.29, 0.717) is 19.3 Å². The minimum Gasteiger partial charge on any atom is -0.462 e. The predicted octanol–water partition coefficient (Wildman–Crippen LogP) is 19.9. The summed E-state index contributed by atoms with van der Waals surface area (Å²) in [6, 6.07) is 0. The van der Waals surface area contributed by atoms with E-state index in [9.17, 15) is 14.4 Å². The molecule has 0 N–H and O–H groups in total. The number of hydrogen-bond donors (Lipinski definition) is 0. The molecule has 6 nitrogen and oxygen atoms in total. The smallest absolute Gasteiger partial charge is 0.306 e. The van der Waals surface area contributed by atoms with E-state index in [-0.39, 0.29) is 31.1 Å². The normalized spacial score (nSPS) is 12.9. The highest BCUT2D eigenvalue weighted by Gasteiger charge is 2.19. The molecule has 0 aromatic heterocycles. The van der Waals surface area contributed by atoms with Gasteiger partial charge in [0.2, 0.25) is 0 Å². The summed E-state index contributed by atoms with van der Waals surface area (Å²) in [5, 5.41) is 0. The third-order valence-electron chi connectivity index (χ3n) is 12.2. The molecule has 1 atom stereocenters. The molecule has 0 aliphatic rings. The van der Waals surface area contributed by atoms with Gasteiger partial charge in [0.1, 0.15) is 13.2 Å². The Morgan fingerprint density at radius 2 is 0.549 bits per heavy atom. The molecule has 1 unspecified atom stereocenters. The summed E-state index contributed by atoms with van der Waals surface area (Å²) in [6.07, 6.45) is 79.4. The zero-order valence-electron chi connectivity index (χ0n) is 46.2. The van der Waals surface area contributed by atoms with Crippen LogP contribution in [0.25, 0.3) is 0 Å². The third kappa shape index (κ3) is 56.9. The molecule has 0 radical (unpaired) electrons. The van der Waals surface area contributed by atoms with E-state index in [2.05, 4.69) is 130 Å². The van der Waals surface area contributed by atoms with Crippen LogP contribution in [0.3, 0.4) is 0 Å². The Kier molecular flexibility index (Phi) is 55.4. The number of rotatable bonds is 52. The van der Waals surface area contributed by atoms with Crippen molar-refractivity contribution in [1.82, 2.24) is 0 Å². The summed E-state index contributed by atoms with van der Waals surface area (Å²) in [5.41, 5.74) is 0. The molecule has 6 heteroatoms. The lowest BCUT2D eigenvalue weighted by molar-refractivity contribution is -0.167. The molecular weight excluding hydrogens is 877 g/mol. The van der Waals surface area contributed by atoms with Gasteiger partial charge in [0.15, 0.2) is 6.10 Å². The second-order valence-electron chi connectivity index (χ2n) is 19.1. The highest BCUT2D eigenvalue weighted by atomic mass is 16.6. The number of hydrogen-bond acceptors (Lipinski definition) is 6. The zero-order chi connectivity index (χ0) is 51.4. The molecule has 0 aromatic rings. The quantitative estimate of drug-likeness (QED) is 0.0261. The fraction of sp³-hybridized carbons (Fsp3) is 0.677. The molecular formula is C65H108O6. The van der Waals surface area contributed by atoms with Crippen molar-refractivity contribution < 1.29 is 28.6 Å². The van der Waals surface area contributed by atoms with Crippen molar-refractivity contribution in [2.24, 2.45) is 0 Å². The maximum atomic E-state index is 12.9. The average Bonchev–Trinajstić information content (AvgIpc) is 3.37. The van der Waals surface area contributed by atoms with E-state index < -0.39 is 6.10 Å². The highest BCUT2D eigenvalue weighted by Crippen LogP contribution is 2.15. The Labute approximate surface area is 438 Å². The molecule has 0 aliphatic heterocycles. The van der Waals surface area contributed by atoms with Crippen LogP contribution in [-0.4, -0.2) is 37.2 Å². The van der Waals surface area contributed by atoms with Crippen LogP contribution in [0, 0.1) is 0 Å². The van der Waals surface area contributed by atoms with Crippen molar-refractivity contribution in [2.75, 3.05) is 13.2 Å². The van der Waals surface area contributed by atoms with Crippen LogP contribution < -0.4 is 0 Å². The molecule has 0 rings (SSSR count). The van der Waals surface area contributed by atoms with E-state index >= 15 is 0 Å². The SMILES string of the molecule is CC/C=C\C/C=C\C/C=C\C/C=C\CCCCCCC(=O)OC(COC(=O)CCCCC/C=C\C/C=C\C/C=C\CC)COC(=O)CCCCCCCCCCCCC/C=C\C/C=C\CCCCCCC. The molecule has 0 aromatic carbocycles. The minimum absolute atomic E-state index is 0.0999. The Balaban J connectivity index is 4.39. The summed E-state index contributed by atoms with van der Waals surface area (Å²) in [5.74, 6) is -0.955. The van der Waals surface area contributed by atoms with Gasteiger partial charge in [0.05, 0.1) is 0 Å². The van der Waals surface area contributed by atoms with Gasteiger partial charge < -0.3 is 14.2 Å². The molecule has 0 spiro atoms. The first-order valence-electron chi connectivity index (χ1n) is 29.4. The highest BCUT2D eigenvalue weighted by molar-refractivity contribution is 5.71. The second kappa shape index (κ2) is 58.6. The first-order valence-corrected chi connectivity index (χ1v) is 29.4. The molecule has 0 fully saturated rings. The molecule has 0 amide bonds. The average molecular weight is 986 g/mol. The van der Waals surface area contributed by atoms with Crippen molar-refractivity contribution in [3.05, 3.63) is 109 Å². The molecule has 0 saturated heterocycles. The van der Waals surface area contributed by atoms with Gasteiger partial charge in [-0.3, -0.25) is 14.4 Å². The number of unbranched alkanes of at least 4 members (excludes halogenated alkanes) is 23. The number of allylic oxidation sites excluding steroid dienone is 18. The summed E-state index contributed by atoms with van der Waals surface area (Å²) in [6.45, 7) is 6.36. The molecule has 404 valence electrons. The van der Waals surface area contributed by atoms with Crippen LogP contribution in [0.5, 0.6) is 0 Å². The van der Waals surface area contributed by atoms with Gasteiger partial charge in [-0.15, -0.1) is 0 Å². The second-order valence-corrected chi connectivity index (χ2v) is 19.1. The van der Waals surface area contributed by atoms with E-state index in [4.69, 9.17) is 14.2 Å². The van der Waals surface area contributed by atoms with Gasteiger partial charge in [0, 0.05) is 19.3 Å². The lowest BCUT2D eigenvalue weighted by Crippen LogP contribution is -2.30. The fourth-order valence-corrected chi connectivity index (χ4v) is 7.89. The minimum atomic E-state index is -0.806. The van der Waals surface area contributed by atoms with Crippen molar-refractivity contribution >= 4 is 17.9 Å². The van der Waals surface area contributed by atoms with Crippen LogP contribution in [0.1, 0.15) is 265 Å². The Morgan fingerprint density at radius 1 is 0.296 bits per heavy atom. The number of esters is 3. The molecule has 0 saturated carbocycles. The number of ether oxygens (including phenoxy) is 3. The Hall–Kier alpha value is -3.93. The maximum absolute atomic E-state index is 12.9. The van der Waals surface area contributed by atoms with E-state index in [1.807, 2.05) is 0 Å². The molecule has 0 heterocycles. The van der Waals surface area contributed by atoms with E-state index in [1.165, 1.54) is 96.3 Å². The van der Waals surface area contributed by atoms with Crippen molar-refractivity contribution in [2.45, 2.75) is 271 Å². The lowest BCUT2D eigenvalue weighted by atomic mass is 10.0. The standard InChI is InChI=1S/C65H108O6/c1-4-7-10-13-16-19-22-25-27-29-30-31-32-33-34-36-37-40-43-46-49-52-55-58-64(67)70-61-62(60-69-63(66)57-54-51-48-45-42-39-24-21-18-15-12-9-6-3)71-65(68)59-56-53-50-47-44-41-38-35-28-26-23-20-17-14-11-8-5-2/h8-9,11-12,17-18,20-22,25-26,28-30,38-39,41-42,62H,4-7,10,13-16,19,23-24,27,31-37,40,43-61H2,1-3H3/b11-8-,12-9-,20-17-,21-18-,25-22-,28-26-,30-29-,41-38-,42-39-. The first-order chi connectivity index (χ1) is 35.0. The van der Waals surface area contributed by atoms with Crippen molar-refractivity contribution in [3.63, 3.8) is 0 Å². The van der Waals surface area contributed by atoms with Crippen molar-refractivity contribution in [3.8, 4) is 0 Å². The van der Waals surface area contributed by atoms with Crippen LogP contribution >= 0.6 is 0 Å². The van der Waals surface area contributed by atoms with Crippen LogP contribution in [0.4, 0.5) is 0 Å². The van der Waals surface area contributed by atoms with Gasteiger partial charge in [0.25, 0.3) is 0 Å². The maximum Gasteiger partial charge on any atom is 0.306 e. The molecule has 71 heavy (non-hydrogen) atoms. The summed E-state index contributed by atoms with van der Waals surface area (Å²) >= 11 is 0. The van der Waals surface area contributed by atoms with Crippen LogP contribution in [0.2, 0.25) is 0 Å². The molecule has 0 bridgehead atoms. The van der Waals surface area contributed by atoms with Gasteiger partial charge >= 0.3 is 17.9 Å². The number of carbonyl (C=O) groups excluding carboxylic acids is 3. The summed E-state index contributed by atoms with van der Waals surface area (Å²) in [4.78, 5) is 38.2.